The number of esters is 1. The maximum Gasteiger partial charge on any atom is 0.338 e. The summed E-state index contributed by atoms with van der Waals surface area (Å²) in [6.07, 6.45) is 1.55. The zero-order chi connectivity index (χ0) is 32.5. The zero-order valence-corrected chi connectivity index (χ0v) is 30.9. The minimum Gasteiger partial charge on any atom is -0.493 e. The Morgan fingerprint density at radius 2 is 1.71 bits per heavy atom. The molecule has 4 rings (SSSR count). The van der Waals surface area contributed by atoms with Crippen LogP contribution in [0.15, 0.2) is 71.0 Å². The van der Waals surface area contributed by atoms with E-state index in [0.717, 1.165) is 24.0 Å². The Morgan fingerprint density at radius 1 is 1.00 bits per heavy atom. The molecule has 3 N–H and O–H groups in total. The molecule has 0 spiro atoms. The van der Waals surface area contributed by atoms with Crippen molar-refractivity contribution in [2.45, 2.75) is 26.5 Å². The molecule has 45 heavy (non-hydrogen) atoms. The molecule has 1 heterocycles. The van der Waals surface area contributed by atoms with E-state index in [2.05, 4.69) is 88.9 Å². The standard InChI is InChI=1S/C31H29I3N4O7/c1-4-43-30(40)27-17(2)36-31(41)37-28(27)20-7-10-24(25(13-20)42-3)44-16-26(39)38-35-14-19-11-22(33)29(23(34)12-19)45-15-18-5-8-21(32)9-6-18/h5-14,28H,4,15-16H2,1-3H3,(H,38,39)(H2,36,37,41)/b35-14-/t28-/m0/s1. The third-order valence-electron chi connectivity index (χ3n) is 6.36. The largest absolute Gasteiger partial charge is 0.493 e. The third-order valence-corrected chi connectivity index (χ3v) is 8.69. The van der Waals surface area contributed by atoms with Crippen molar-refractivity contribution in [2.75, 3.05) is 20.3 Å². The summed E-state index contributed by atoms with van der Waals surface area (Å²) >= 11 is 6.70. The molecule has 1 atom stereocenters. The fourth-order valence-corrected chi connectivity index (χ4v) is 6.78. The van der Waals surface area contributed by atoms with Crippen LogP contribution >= 0.6 is 67.8 Å². The summed E-state index contributed by atoms with van der Waals surface area (Å²) in [5.41, 5.74) is 5.58. The molecule has 3 aromatic carbocycles. The Morgan fingerprint density at radius 3 is 2.38 bits per heavy atom. The van der Waals surface area contributed by atoms with Crippen molar-refractivity contribution in [2.24, 2.45) is 5.10 Å². The highest BCUT2D eigenvalue weighted by atomic mass is 127. The molecular weight excluding hydrogens is 921 g/mol. The minimum absolute atomic E-state index is 0.188. The molecule has 1 aliphatic rings. The van der Waals surface area contributed by atoms with Crippen LogP contribution in [0, 0.1) is 10.7 Å². The van der Waals surface area contributed by atoms with Crippen molar-refractivity contribution in [3.8, 4) is 17.2 Å². The summed E-state index contributed by atoms with van der Waals surface area (Å²) in [7, 11) is 1.45. The van der Waals surface area contributed by atoms with Crippen LogP contribution in [-0.2, 0) is 20.9 Å². The van der Waals surface area contributed by atoms with Gasteiger partial charge in [-0.3, -0.25) is 4.79 Å². The van der Waals surface area contributed by atoms with E-state index in [4.69, 9.17) is 18.9 Å². The van der Waals surface area contributed by atoms with Gasteiger partial charge < -0.3 is 29.6 Å². The number of urea groups is 1. The number of carbonyl (C=O) groups excluding carboxylic acids is 3. The lowest BCUT2D eigenvalue weighted by atomic mass is 9.95. The number of rotatable bonds is 12. The lowest BCUT2D eigenvalue weighted by Gasteiger charge is -2.28. The quantitative estimate of drug-likeness (QED) is 0.0904. The van der Waals surface area contributed by atoms with E-state index < -0.39 is 23.9 Å². The highest BCUT2D eigenvalue weighted by Crippen LogP contribution is 2.35. The normalized spacial score (nSPS) is 14.4. The van der Waals surface area contributed by atoms with Crippen LogP contribution in [0.25, 0.3) is 0 Å². The number of hydrazone groups is 1. The predicted octanol–water partition coefficient (Wildman–Crippen LogP) is 5.81. The molecule has 0 bridgehead atoms. The number of benzene rings is 3. The number of nitrogens with zero attached hydrogens (tertiary/aromatic N) is 1. The van der Waals surface area contributed by atoms with Crippen molar-refractivity contribution in [1.82, 2.24) is 16.1 Å². The first kappa shape index (κ1) is 34.7. The minimum atomic E-state index is -0.766. The van der Waals surface area contributed by atoms with Gasteiger partial charge in [-0.15, -0.1) is 0 Å². The topological polar surface area (TPSA) is 137 Å². The van der Waals surface area contributed by atoms with E-state index in [1.165, 1.54) is 10.7 Å². The van der Waals surface area contributed by atoms with E-state index in [1.54, 1.807) is 38.3 Å². The molecule has 1 aliphatic heterocycles. The van der Waals surface area contributed by atoms with Crippen molar-refractivity contribution in [3.63, 3.8) is 0 Å². The van der Waals surface area contributed by atoms with Crippen molar-refractivity contribution >= 4 is 91.9 Å². The van der Waals surface area contributed by atoms with Crippen LogP contribution in [0.4, 0.5) is 4.79 Å². The lowest BCUT2D eigenvalue weighted by molar-refractivity contribution is -0.139. The van der Waals surface area contributed by atoms with E-state index in [1.807, 2.05) is 36.4 Å². The SMILES string of the molecule is CCOC(=O)C1=C(C)NC(=O)N[C@H]1c1ccc(OCC(=O)N/N=C\c2cc(I)c(OCc3ccc(I)cc3)c(I)c2)c(OC)c1. The Balaban J connectivity index is 1.35. The fourth-order valence-electron chi connectivity index (χ4n) is 4.29. The maximum absolute atomic E-state index is 12.6. The summed E-state index contributed by atoms with van der Waals surface area (Å²) in [6.45, 7) is 3.65. The number of methoxy groups -OCH3 is 1. The second-order valence-corrected chi connectivity index (χ2v) is 13.1. The van der Waals surface area contributed by atoms with Gasteiger partial charge in [-0.05, 0) is 135 Å². The molecule has 0 unspecified atom stereocenters. The average molecular weight is 950 g/mol. The molecule has 0 fully saturated rings. The van der Waals surface area contributed by atoms with Crippen LogP contribution in [0.2, 0.25) is 0 Å². The number of hydrogen-bond acceptors (Lipinski definition) is 8. The molecule has 0 aromatic heterocycles. The Hall–Kier alpha value is -3.13. The van der Waals surface area contributed by atoms with Crippen LogP contribution in [0.1, 0.15) is 36.6 Å². The molecule has 236 valence electrons. The molecular formula is C31H29I3N4O7. The smallest absolute Gasteiger partial charge is 0.338 e. The second kappa shape index (κ2) is 16.4. The maximum atomic E-state index is 12.6. The van der Waals surface area contributed by atoms with Gasteiger partial charge in [-0.2, -0.15) is 5.10 Å². The summed E-state index contributed by atoms with van der Waals surface area (Å²) in [6, 6.07) is 15.7. The van der Waals surface area contributed by atoms with Gasteiger partial charge in [-0.25, -0.2) is 15.0 Å². The number of ether oxygens (including phenoxy) is 4. The highest BCUT2D eigenvalue weighted by Gasteiger charge is 2.32. The summed E-state index contributed by atoms with van der Waals surface area (Å²) in [4.78, 5) is 37.3. The van der Waals surface area contributed by atoms with Gasteiger partial charge in [0.2, 0.25) is 0 Å². The fraction of sp³-hybridized carbons (Fsp3) is 0.226. The number of halogens is 3. The highest BCUT2D eigenvalue weighted by molar-refractivity contribution is 14.1. The van der Waals surface area contributed by atoms with Crippen LogP contribution in [-0.4, -0.2) is 44.4 Å². The average Bonchev–Trinajstić information content (AvgIpc) is 3.00. The molecule has 11 nitrogen and oxygen atoms in total. The van der Waals surface area contributed by atoms with Gasteiger partial charge in [-0.1, -0.05) is 18.2 Å². The second-order valence-electron chi connectivity index (χ2n) is 9.51. The zero-order valence-electron chi connectivity index (χ0n) is 24.4. The molecule has 0 saturated carbocycles. The van der Waals surface area contributed by atoms with Gasteiger partial charge in [0.05, 0.1) is 38.7 Å². The number of allylic oxidation sites excluding steroid dienone is 1. The van der Waals surface area contributed by atoms with Gasteiger partial charge >= 0.3 is 12.0 Å². The first-order valence-corrected chi connectivity index (χ1v) is 16.8. The van der Waals surface area contributed by atoms with Crippen LogP contribution < -0.4 is 30.3 Å². The summed E-state index contributed by atoms with van der Waals surface area (Å²) in [5, 5.41) is 9.40. The van der Waals surface area contributed by atoms with Crippen molar-refractivity contribution < 1.29 is 33.3 Å². The first-order valence-electron chi connectivity index (χ1n) is 13.5. The Labute approximate surface area is 301 Å². The molecule has 0 saturated heterocycles. The number of nitrogens with one attached hydrogen (secondary N) is 3. The third kappa shape index (κ3) is 9.44. The van der Waals surface area contributed by atoms with E-state index in [9.17, 15) is 14.4 Å². The molecule has 0 aliphatic carbocycles. The number of carbonyl (C=O) groups is 3. The Kier molecular flexibility index (Phi) is 12.7. The molecule has 0 radical (unpaired) electrons. The van der Waals surface area contributed by atoms with Gasteiger partial charge in [0.1, 0.15) is 12.4 Å². The van der Waals surface area contributed by atoms with Crippen molar-refractivity contribution in [3.05, 3.63) is 93.3 Å². The summed E-state index contributed by atoms with van der Waals surface area (Å²) < 4.78 is 25.4. The van der Waals surface area contributed by atoms with Gasteiger partial charge in [0, 0.05) is 9.27 Å². The first-order chi connectivity index (χ1) is 21.6. The number of hydrogen-bond donors (Lipinski definition) is 3. The molecule has 14 heteroatoms. The molecule has 3 amide bonds. The monoisotopic (exact) mass is 950 g/mol. The Bertz CT molecular complexity index is 1620. The summed E-state index contributed by atoms with van der Waals surface area (Å²) in [5.74, 6) is 0.369. The van der Waals surface area contributed by atoms with Crippen molar-refractivity contribution in [1.29, 1.82) is 0 Å². The van der Waals surface area contributed by atoms with Crippen LogP contribution in [0.3, 0.4) is 0 Å². The predicted molar refractivity (Wildman–Crippen MR) is 193 cm³/mol. The van der Waals surface area contributed by atoms with Crippen LogP contribution in [0.5, 0.6) is 17.2 Å². The van der Waals surface area contributed by atoms with E-state index in [-0.39, 0.29) is 18.8 Å². The number of amides is 3. The molecule has 3 aromatic rings. The van der Waals surface area contributed by atoms with E-state index >= 15 is 0 Å². The van der Waals surface area contributed by atoms with Gasteiger partial charge in [0.25, 0.3) is 5.91 Å². The van der Waals surface area contributed by atoms with E-state index in [0.29, 0.717) is 29.4 Å². The lowest BCUT2D eigenvalue weighted by Crippen LogP contribution is -2.45. The van der Waals surface area contributed by atoms with Gasteiger partial charge in [0.15, 0.2) is 18.1 Å².